The average Bonchev–Trinajstić information content (AvgIpc) is 3.28. The van der Waals surface area contributed by atoms with E-state index in [-0.39, 0.29) is 24.4 Å². The van der Waals surface area contributed by atoms with Crippen molar-refractivity contribution >= 4 is 23.0 Å². The lowest BCUT2D eigenvalue weighted by molar-refractivity contribution is -0.222. The molecule has 0 unspecified atom stereocenters. The number of ether oxygens (including phenoxy) is 6. The molecule has 2 aliphatic rings. The number of benzene rings is 1. The van der Waals surface area contributed by atoms with Gasteiger partial charge in [0.05, 0.1) is 25.4 Å². The van der Waals surface area contributed by atoms with Crippen LogP contribution < -0.4 is 15.4 Å². The Morgan fingerprint density at radius 2 is 1.85 bits per heavy atom. The SMILES string of the molecule is CCCCOC[C@@H](OCCCC)[C@H]1O[C@@H]2OC(C)(C)O[C@@H]2[C@H]1NC(=S)Nc1ccccc1OC. The summed E-state index contributed by atoms with van der Waals surface area (Å²) in [5.74, 6) is -0.0378. The summed E-state index contributed by atoms with van der Waals surface area (Å²) in [6, 6.07) is 7.34. The number of hydrogen-bond acceptors (Lipinski definition) is 7. The van der Waals surface area contributed by atoms with Crippen molar-refractivity contribution in [2.24, 2.45) is 0 Å². The molecule has 0 aliphatic carbocycles. The van der Waals surface area contributed by atoms with E-state index in [4.69, 9.17) is 40.6 Å². The van der Waals surface area contributed by atoms with E-state index in [1.54, 1.807) is 7.11 Å². The Hall–Kier alpha value is -1.49. The zero-order valence-corrected chi connectivity index (χ0v) is 21.8. The Morgan fingerprint density at radius 3 is 2.59 bits per heavy atom. The van der Waals surface area contributed by atoms with Crippen molar-refractivity contribution in [2.45, 2.75) is 89.8 Å². The molecule has 0 spiro atoms. The third-order valence-electron chi connectivity index (χ3n) is 5.86. The Morgan fingerprint density at radius 1 is 1.12 bits per heavy atom. The van der Waals surface area contributed by atoms with Gasteiger partial charge in [0.15, 0.2) is 17.2 Å². The van der Waals surface area contributed by atoms with E-state index < -0.39 is 12.1 Å². The van der Waals surface area contributed by atoms with E-state index >= 15 is 0 Å². The molecule has 2 N–H and O–H groups in total. The number of unbranched alkanes of at least 4 members (excludes halogenated alkanes) is 2. The van der Waals surface area contributed by atoms with Gasteiger partial charge >= 0.3 is 0 Å². The molecular weight excluding hydrogens is 456 g/mol. The number of rotatable bonds is 13. The van der Waals surface area contributed by atoms with Crippen LogP contribution in [0.15, 0.2) is 24.3 Å². The van der Waals surface area contributed by atoms with Crippen molar-refractivity contribution in [1.29, 1.82) is 0 Å². The molecule has 34 heavy (non-hydrogen) atoms. The molecule has 3 rings (SSSR count). The van der Waals surface area contributed by atoms with Gasteiger partial charge in [0.1, 0.15) is 24.1 Å². The lowest BCUT2D eigenvalue weighted by Crippen LogP contribution is -2.54. The smallest absolute Gasteiger partial charge is 0.189 e. The lowest BCUT2D eigenvalue weighted by Gasteiger charge is -2.32. The van der Waals surface area contributed by atoms with Crippen LogP contribution >= 0.6 is 12.2 Å². The van der Waals surface area contributed by atoms with Crippen LogP contribution in [0.1, 0.15) is 53.4 Å². The molecule has 1 aromatic carbocycles. The van der Waals surface area contributed by atoms with Gasteiger partial charge < -0.3 is 39.1 Å². The summed E-state index contributed by atoms with van der Waals surface area (Å²) in [6.45, 7) is 9.81. The van der Waals surface area contributed by atoms with Crippen LogP contribution in [0.2, 0.25) is 0 Å². The maximum absolute atomic E-state index is 6.35. The molecule has 192 valence electrons. The van der Waals surface area contributed by atoms with Gasteiger partial charge in [-0.25, -0.2) is 0 Å². The minimum Gasteiger partial charge on any atom is -0.495 e. The first kappa shape index (κ1) is 27.1. The van der Waals surface area contributed by atoms with E-state index in [9.17, 15) is 0 Å². The van der Waals surface area contributed by atoms with Crippen LogP contribution in [0.4, 0.5) is 5.69 Å². The molecule has 2 saturated heterocycles. The molecule has 0 aromatic heterocycles. The maximum atomic E-state index is 6.35. The minimum atomic E-state index is -0.742. The summed E-state index contributed by atoms with van der Waals surface area (Å²) in [5, 5.41) is 7.08. The second-order valence-electron chi connectivity index (χ2n) is 9.09. The van der Waals surface area contributed by atoms with E-state index in [2.05, 4.69) is 24.5 Å². The zero-order valence-electron chi connectivity index (χ0n) is 21.0. The van der Waals surface area contributed by atoms with Crippen molar-refractivity contribution in [3.63, 3.8) is 0 Å². The molecule has 0 amide bonds. The van der Waals surface area contributed by atoms with E-state index in [0.717, 1.165) is 31.4 Å². The van der Waals surface area contributed by atoms with E-state index in [0.29, 0.717) is 30.7 Å². The highest BCUT2D eigenvalue weighted by Crippen LogP contribution is 2.39. The topological polar surface area (TPSA) is 79.4 Å². The lowest BCUT2D eigenvalue weighted by atomic mass is 10.0. The number of fused-ring (bicyclic) bond motifs is 1. The monoisotopic (exact) mass is 496 g/mol. The minimum absolute atomic E-state index is 0.282. The molecule has 1 aromatic rings. The normalized spacial score (nSPS) is 26.1. The van der Waals surface area contributed by atoms with Gasteiger partial charge in [-0.3, -0.25) is 0 Å². The molecule has 8 nitrogen and oxygen atoms in total. The maximum Gasteiger partial charge on any atom is 0.189 e. The summed E-state index contributed by atoms with van der Waals surface area (Å²) in [4.78, 5) is 0. The standard InChI is InChI=1S/C25H40N2O6S/c1-6-8-14-29-16-19(30-15-9-7-2)21-20(22-23(31-21)33-25(3,4)32-22)27-24(34)26-17-12-10-11-13-18(17)28-5/h10-13,19-23H,6-9,14-16H2,1-5H3,(H2,26,27,34)/t19-,20+,21-,22-,23-/m1/s1. The third-order valence-corrected chi connectivity index (χ3v) is 6.08. The van der Waals surface area contributed by atoms with Crippen LogP contribution in [0.25, 0.3) is 0 Å². The van der Waals surface area contributed by atoms with Crippen LogP contribution in [0.5, 0.6) is 5.75 Å². The molecule has 5 atom stereocenters. The Balaban J connectivity index is 1.74. The van der Waals surface area contributed by atoms with E-state index in [1.165, 1.54) is 0 Å². The molecule has 2 heterocycles. The van der Waals surface area contributed by atoms with Crippen molar-refractivity contribution < 1.29 is 28.4 Å². The first-order valence-corrected chi connectivity index (χ1v) is 12.7. The first-order valence-electron chi connectivity index (χ1n) is 12.3. The molecule has 2 aliphatic heterocycles. The summed E-state index contributed by atoms with van der Waals surface area (Å²) in [6.07, 6.45) is 2.61. The van der Waals surface area contributed by atoms with Gasteiger partial charge in [-0.05, 0) is 51.0 Å². The van der Waals surface area contributed by atoms with Crippen LogP contribution in [0, 0.1) is 0 Å². The molecule has 0 radical (unpaired) electrons. The Labute approximate surface area is 208 Å². The Kier molecular flexibility index (Phi) is 10.4. The molecule has 9 heteroatoms. The van der Waals surface area contributed by atoms with E-state index in [1.807, 2.05) is 38.1 Å². The van der Waals surface area contributed by atoms with Gasteiger partial charge in [-0.15, -0.1) is 0 Å². The fourth-order valence-electron chi connectivity index (χ4n) is 4.14. The van der Waals surface area contributed by atoms with Crippen molar-refractivity contribution in [3.8, 4) is 5.75 Å². The predicted molar refractivity (Wildman–Crippen MR) is 135 cm³/mol. The van der Waals surface area contributed by atoms with Gasteiger partial charge in [-0.2, -0.15) is 0 Å². The zero-order chi connectivity index (χ0) is 24.6. The summed E-state index contributed by atoms with van der Waals surface area (Å²) < 4.78 is 36.2. The number of nitrogens with one attached hydrogen (secondary N) is 2. The molecule has 0 bridgehead atoms. The number of thiocarbonyl (C=S) groups is 1. The second-order valence-corrected chi connectivity index (χ2v) is 9.49. The summed E-state index contributed by atoms with van der Waals surface area (Å²) in [5.41, 5.74) is 0.775. The van der Waals surface area contributed by atoms with Crippen molar-refractivity contribution in [2.75, 3.05) is 32.2 Å². The highest BCUT2D eigenvalue weighted by Gasteiger charge is 2.57. The largest absolute Gasteiger partial charge is 0.495 e. The quantitative estimate of drug-likeness (QED) is 0.308. The number of anilines is 1. The molecule has 0 saturated carbocycles. The number of hydrogen-bond donors (Lipinski definition) is 2. The average molecular weight is 497 g/mol. The first-order chi connectivity index (χ1) is 16.4. The predicted octanol–water partition coefficient (Wildman–Crippen LogP) is 4.23. The highest BCUT2D eigenvalue weighted by atomic mass is 32.1. The molecular formula is C25H40N2O6S. The van der Waals surface area contributed by atoms with Gasteiger partial charge in [0.2, 0.25) is 0 Å². The number of methoxy groups -OCH3 is 1. The van der Waals surface area contributed by atoms with Gasteiger partial charge in [0, 0.05) is 13.2 Å². The summed E-state index contributed by atoms with van der Waals surface area (Å²) in [7, 11) is 1.63. The fraction of sp³-hybridized carbons (Fsp3) is 0.720. The van der Waals surface area contributed by atoms with Crippen LogP contribution in [0.3, 0.4) is 0 Å². The third kappa shape index (κ3) is 7.26. The Bertz CT molecular complexity index is 780. The van der Waals surface area contributed by atoms with Crippen molar-refractivity contribution in [3.05, 3.63) is 24.3 Å². The van der Waals surface area contributed by atoms with Crippen LogP contribution in [-0.2, 0) is 23.7 Å². The highest BCUT2D eigenvalue weighted by molar-refractivity contribution is 7.80. The van der Waals surface area contributed by atoms with Gasteiger partial charge in [0.25, 0.3) is 0 Å². The second kappa shape index (κ2) is 13.0. The van der Waals surface area contributed by atoms with Crippen LogP contribution in [-0.4, -0.2) is 68.5 Å². The van der Waals surface area contributed by atoms with Crippen molar-refractivity contribution in [1.82, 2.24) is 5.32 Å². The molecule has 2 fully saturated rings. The fourth-order valence-corrected chi connectivity index (χ4v) is 4.38. The summed E-state index contributed by atoms with van der Waals surface area (Å²) >= 11 is 5.66. The number of para-hydroxylation sites is 2. The van der Waals surface area contributed by atoms with Gasteiger partial charge in [-0.1, -0.05) is 38.8 Å².